The molecule has 4 atom stereocenters. The van der Waals surface area contributed by atoms with Crippen molar-refractivity contribution in [3.8, 4) is 0 Å². The van der Waals surface area contributed by atoms with Gasteiger partial charge in [0, 0.05) is 0 Å². The zero-order chi connectivity index (χ0) is 11.6. The van der Waals surface area contributed by atoms with Gasteiger partial charge in [-0.25, -0.2) is 4.39 Å². The molecule has 0 spiro atoms. The minimum absolute atomic E-state index is 0. The van der Waals surface area contributed by atoms with Crippen molar-refractivity contribution in [2.24, 2.45) is 0 Å². The third kappa shape index (κ3) is 6.87. The van der Waals surface area contributed by atoms with Crippen molar-refractivity contribution in [2.45, 2.75) is 24.7 Å². The van der Waals surface area contributed by atoms with Crippen LogP contribution in [0.3, 0.4) is 0 Å². The third-order valence-electron chi connectivity index (χ3n) is 1.85. The van der Waals surface area contributed by atoms with E-state index in [1.54, 1.807) is 0 Å². The maximum absolute atomic E-state index is 13.1. The van der Waals surface area contributed by atoms with Crippen molar-refractivity contribution < 1.29 is 97.9 Å². The largest absolute Gasteiger partial charge is 1.00 e. The van der Waals surface area contributed by atoms with Crippen molar-refractivity contribution in [1.82, 2.24) is 0 Å². The molecule has 0 amide bonds. The van der Waals surface area contributed by atoms with Crippen LogP contribution in [0.15, 0.2) is 0 Å². The van der Waals surface area contributed by atoms with E-state index >= 15 is 0 Å². The molecule has 11 heteroatoms. The van der Waals surface area contributed by atoms with Gasteiger partial charge in [0.2, 0.25) is 0 Å². The number of halogens is 1. The van der Waals surface area contributed by atoms with Crippen LogP contribution in [0.5, 0.6) is 0 Å². The first-order valence-corrected chi connectivity index (χ1v) is 5.79. The van der Waals surface area contributed by atoms with Crippen LogP contribution < -0.4 is 73.8 Å². The van der Waals surface area contributed by atoms with E-state index < -0.39 is 45.6 Å². The number of ether oxygens (including phenoxy) is 2. The fourth-order valence-electron chi connectivity index (χ4n) is 1.14. The normalized spacial score (nSPS) is 32.8. The second-order valence-corrected chi connectivity index (χ2v) is 4.55. The molecule has 7 nitrogen and oxygen atoms in total. The summed E-state index contributed by atoms with van der Waals surface area (Å²) in [5, 5.41) is 17.7. The van der Waals surface area contributed by atoms with Crippen LogP contribution in [0, 0.1) is 0 Å². The first kappa shape index (κ1) is 21.4. The van der Waals surface area contributed by atoms with Gasteiger partial charge in [0.05, 0.1) is 6.61 Å². The van der Waals surface area contributed by atoms with E-state index in [2.05, 4.69) is 9.47 Å². The van der Waals surface area contributed by atoms with Gasteiger partial charge in [0.25, 0.3) is 0 Å². The smallest absolute Gasteiger partial charge is 0.686 e. The summed E-state index contributed by atoms with van der Waals surface area (Å²) in [6, 6.07) is 0. The summed E-state index contributed by atoms with van der Waals surface area (Å²) in [5.74, 6) is 0. The minimum atomic E-state index is -4.91. The first-order valence-electron chi connectivity index (χ1n) is 4.06. The summed E-state index contributed by atoms with van der Waals surface area (Å²) < 4.78 is 22.0. The molecular formula is C6H10FNa2O7P. The summed E-state index contributed by atoms with van der Waals surface area (Å²) in [6.45, 7) is -0.631. The van der Waals surface area contributed by atoms with E-state index in [-0.39, 0.29) is 59.1 Å². The molecule has 0 unspecified atom stereocenters. The molecule has 0 radical (unpaired) electrons. The van der Waals surface area contributed by atoms with Crippen molar-refractivity contribution in [1.29, 1.82) is 0 Å². The number of aliphatic hydroxyl groups is 2. The minimum Gasteiger partial charge on any atom is -0.686 e. The third-order valence-corrected chi connectivity index (χ3v) is 2.32. The molecule has 0 aliphatic carbocycles. The van der Waals surface area contributed by atoms with E-state index in [4.69, 9.17) is 10.2 Å². The average Bonchev–Trinajstić information content (AvgIpc) is 2.40. The summed E-state index contributed by atoms with van der Waals surface area (Å²) in [6.07, 6.45) is -7.63. The summed E-state index contributed by atoms with van der Waals surface area (Å²) >= 11 is 0. The Hall–Kier alpha value is 2.08. The molecule has 0 aromatic heterocycles. The predicted molar refractivity (Wildman–Crippen MR) is 39.5 cm³/mol. The zero-order valence-corrected chi connectivity index (χ0v) is 14.4. The van der Waals surface area contributed by atoms with Crippen LogP contribution in [-0.2, 0) is 9.47 Å². The van der Waals surface area contributed by atoms with Gasteiger partial charge in [0.15, 0.2) is 12.5 Å². The fourth-order valence-corrected chi connectivity index (χ4v) is 1.47. The molecule has 1 rings (SSSR count). The van der Waals surface area contributed by atoms with Gasteiger partial charge in [-0.1, -0.05) is 0 Å². The summed E-state index contributed by atoms with van der Waals surface area (Å²) in [5.41, 5.74) is 0. The Labute approximate surface area is 142 Å². The van der Waals surface area contributed by atoms with E-state index in [0.717, 1.165) is 0 Å². The topological polar surface area (TPSA) is 128 Å². The standard InChI is InChI=1S/C6H12FO7P.2Na/c7-4-5(9)3(1-8)14-6(4)13-2-15(10,11)12;;/h3-6,8-9H,1-2H2,(H2,10,11,12);;/q;2*+1/p-2/t3-,4+,5-,6+;;/m1../s1. The molecule has 2 N–H and O–H groups in total. The van der Waals surface area contributed by atoms with E-state index in [1.807, 2.05) is 0 Å². The Kier molecular flexibility index (Phi) is 11.4. The maximum atomic E-state index is 13.1. The fraction of sp³-hybridized carbons (Fsp3) is 1.00. The molecule has 0 aromatic carbocycles. The van der Waals surface area contributed by atoms with Crippen molar-refractivity contribution in [3.63, 3.8) is 0 Å². The number of alkyl halides is 1. The van der Waals surface area contributed by atoms with Crippen LogP contribution in [0.25, 0.3) is 0 Å². The zero-order valence-electron chi connectivity index (χ0n) is 9.48. The van der Waals surface area contributed by atoms with Crippen LogP contribution in [0.2, 0.25) is 0 Å². The molecule has 1 heterocycles. The molecule has 1 fully saturated rings. The van der Waals surface area contributed by atoms with Gasteiger partial charge in [0.1, 0.15) is 18.6 Å². The van der Waals surface area contributed by atoms with E-state index in [9.17, 15) is 19.1 Å². The number of hydrogen-bond donors (Lipinski definition) is 2. The van der Waals surface area contributed by atoms with Gasteiger partial charge in [-0.3, -0.25) is 0 Å². The molecule has 1 aliphatic heterocycles. The predicted octanol–water partition coefficient (Wildman–Crippen LogP) is -9.77. The van der Waals surface area contributed by atoms with Gasteiger partial charge < -0.3 is 34.4 Å². The van der Waals surface area contributed by atoms with Gasteiger partial charge in [-0.2, -0.15) is 0 Å². The summed E-state index contributed by atoms with van der Waals surface area (Å²) in [7, 11) is -4.91. The maximum Gasteiger partial charge on any atom is 1.00 e. The molecular weight excluding hydrogens is 280 g/mol. The monoisotopic (exact) mass is 290 g/mol. The Balaban J connectivity index is 0. The van der Waals surface area contributed by atoms with Gasteiger partial charge in [-0.15, -0.1) is 7.94 Å². The second-order valence-electron chi connectivity index (χ2n) is 3.07. The number of aliphatic hydroxyl groups excluding tert-OH is 2. The quantitative estimate of drug-likeness (QED) is 0.388. The Morgan fingerprint density at radius 3 is 2.18 bits per heavy atom. The Morgan fingerprint density at radius 1 is 1.29 bits per heavy atom. The Morgan fingerprint density at radius 2 is 1.82 bits per heavy atom. The van der Waals surface area contributed by atoms with E-state index in [1.165, 1.54) is 0 Å². The van der Waals surface area contributed by atoms with Crippen LogP contribution >= 0.6 is 7.94 Å². The van der Waals surface area contributed by atoms with Crippen LogP contribution in [0.4, 0.5) is 4.39 Å². The van der Waals surface area contributed by atoms with Crippen molar-refractivity contribution in [2.75, 3.05) is 13.0 Å². The molecule has 0 aromatic rings. The molecule has 0 saturated carbocycles. The first-order chi connectivity index (χ1) is 6.85. The average molecular weight is 290 g/mol. The van der Waals surface area contributed by atoms with Crippen LogP contribution in [0.1, 0.15) is 0 Å². The summed E-state index contributed by atoms with van der Waals surface area (Å²) in [4.78, 5) is 30.6. The number of hydrogen-bond acceptors (Lipinski definition) is 7. The molecule has 1 saturated heterocycles. The van der Waals surface area contributed by atoms with Gasteiger partial charge >= 0.3 is 59.1 Å². The molecule has 0 bridgehead atoms. The Bertz CT molecular complexity index is 219. The number of rotatable bonds is 4. The van der Waals surface area contributed by atoms with E-state index in [0.29, 0.717) is 0 Å². The molecule has 1 aliphatic rings. The van der Waals surface area contributed by atoms with Crippen molar-refractivity contribution >= 4 is 7.94 Å². The van der Waals surface area contributed by atoms with Gasteiger partial charge in [-0.05, 0) is 0 Å². The molecule has 90 valence electrons. The van der Waals surface area contributed by atoms with Crippen molar-refractivity contribution in [3.05, 3.63) is 0 Å². The second kappa shape index (κ2) is 9.10. The SMILES string of the molecule is [Na+].[Na+].[O-][P+]([O-])([O-])CO[C@H]1O[C@H](CO)[C@@H](O)[C@@H]1F. The molecule has 17 heavy (non-hydrogen) atoms. The van der Waals surface area contributed by atoms with Crippen LogP contribution in [-0.4, -0.2) is 47.8 Å².